The van der Waals surface area contributed by atoms with Gasteiger partial charge >= 0.3 is 0 Å². The first-order valence-corrected chi connectivity index (χ1v) is 5.00. The predicted molar refractivity (Wildman–Crippen MR) is 60.7 cm³/mol. The van der Waals surface area contributed by atoms with Gasteiger partial charge in [0.1, 0.15) is 0 Å². The zero-order valence-corrected chi connectivity index (χ0v) is 8.95. The molecule has 0 aliphatic carbocycles. The molecule has 1 N–H and O–H groups in total. The molecule has 1 aromatic rings. The van der Waals surface area contributed by atoms with Gasteiger partial charge in [-0.15, -0.1) is 0 Å². The first kappa shape index (κ1) is 9.90. The third-order valence-corrected chi connectivity index (χ3v) is 2.64. The standard InChI is InChI=1S/C12H14N2O/c1-12(2)7-10(14-11(12)8-15)6-9-4-3-5-13-9/h3-6,8,13H,7H2,1-2H3/b10-6-. The Morgan fingerprint density at radius 1 is 1.53 bits per heavy atom. The van der Waals surface area contributed by atoms with Crippen molar-refractivity contribution in [2.75, 3.05) is 0 Å². The van der Waals surface area contributed by atoms with Crippen LogP contribution in [0.3, 0.4) is 0 Å². The summed E-state index contributed by atoms with van der Waals surface area (Å²) in [5, 5.41) is 0. The topological polar surface area (TPSA) is 45.2 Å². The molecule has 0 unspecified atom stereocenters. The minimum atomic E-state index is -0.125. The summed E-state index contributed by atoms with van der Waals surface area (Å²) in [6.45, 7) is 4.07. The highest BCUT2D eigenvalue weighted by Gasteiger charge is 2.31. The van der Waals surface area contributed by atoms with Crippen LogP contribution in [0, 0.1) is 5.41 Å². The fourth-order valence-electron chi connectivity index (χ4n) is 1.77. The van der Waals surface area contributed by atoms with Crippen molar-refractivity contribution in [3.8, 4) is 0 Å². The lowest BCUT2D eigenvalue weighted by Crippen LogP contribution is -2.20. The number of nitrogens with zero attached hydrogens (tertiary/aromatic N) is 1. The maximum Gasteiger partial charge on any atom is 0.164 e. The second-order valence-corrected chi connectivity index (χ2v) is 4.44. The van der Waals surface area contributed by atoms with E-state index in [0.29, 0.717) is 5.71 Å². The molecule has 1 aliphatic rings. The lowest BCUT2D eigenvalue weighted by molar-refractivity contribution is -0.103. The molecule has 0 saturated carbocycles. The van der Waals surface area contributed by atoms with E-state index >= 15 is 0 Å². The zero-order chi connectivity index (χ0) is 10.9. The van der Waals surface area contributed by atoms with Crippen LogP contribution in [0.5, 0.6) is 0 Å². The average Bonchev–Trinajstić information content (AvgIpc) is 2.73. The molecule has 0 bridgehead atoms. The minimum absolute atomic E-state index is 0.125. The minimum Gasteiger partial charge on any atom is -0.362 e. The Labute approximate surface area is 88.9 Å². The van der Waals surface area contributed by atoms with Crippen LogP contribution in [0.25, 0.3) is 6.08 Å². The van der Waals surface area contributed by atoms with Crippen molar-refractivity contribution < 1.29 is 4.79 Å². The molecule has 3 heteroatoms. The summed E-state index contributed by atoms with van der Waals surface area (Å²) in [5.74, 6) is 0. The number of allylic oxidation sites excluding steroid dienone is 1. The smallest absolute Gasteiger partial charge is 0.164 e. The fraction of sp³-hybridized carbons (Fsp3) is 0.333. The number of H-pyrrole nitrogens is 1. The number of hydrogen-bond donors (Lipinski definition) is 1. The highest BCUT2D eigenvalue weighted by molar-refractivity contribution is 6.31. The Morgan fingerprint density at radius 3 is 2.87 bits per heavy atom. The van der Waals surface area contributed by atoms with E-state index in [1.54, 1.807) is 0 Å². The van der Waals surface area contributed by atoms with Crippen LogP contribution in [0.1, 0.15) is 26.0 Å². The van der Waals surface area contributed by atoms with Crippen molar-refractivity contribution in [1.29, 1.82) is 0 Å². The molecule has 15 heavy (non-hydrogen) atoms. The first-order chi connectivity index (χ1) is 7.12. The van der Waals surface area contributed by atoms with Crippen molar-refractivity contribution in [3.63, 3.8) is 0 Å². The lowest BCUT2D eigenvalue weighted by Gasteiger charge is -2.14. The summed E-state index contributed by atoms with van der Waals surface area (Å²) in [5.41, 5.74) is 2.50. The molecule has 0 radical (unpaired) electrons. The third-order valence-electron chi connectivity index (χ3n) is 2.64. The van der Waals surface area contributed by atoms with Crippen molar-refractivity contribution >= 4 is 18.1 Å². The molecule has 0 saturated heterocycles. The van der Waals surface area contributed by atoms with Gasteiger partial charge in [-0.1, -0.05) is 13.8 Å². The summed E-state index contributed by atoms with van der Waals surface area (Å²) < 4.78 is 0. The van der Waals surface area contributed by atoms with Crippen molar-refractivity contribution in [1.82, 2.24) is 4.98 Å². The van der Waals surface area contributed by atoms with Crippen LogP contribution in [0.15, 0.2) is 29.0 Å². The van der Waals surface area contributed by atoms with E-state index in [9.17, 15) is 4.79 Å². The lowest BCUT2D eigenvalue weighted by atomic mass is 9.86. The molecular weight excluding hydrogens is 188 g/mol. The van der Waals surface area contributed by atoms with Crippen LogP contribution in [-0.2, 0) is 4.79 Å². The van der Waals surface area contributed by atoms with E-state index in [1.807, 2.05) is 38.3 Å². The molecule has 78 valence electrons. The summed E-state index contributed by atoms with van der Waals surface area (Å²) in [7, 11) is 0. The monoisotopic (exact) mass is 202 g/mol. The number of carbonyl (C=O) groups excluding carboxylic acids is 1. The maximum absolute atomic E-state index is 10.8. The van der Waals surface area contributed by atoms with Gasteiger partial charge in [-0.05, 0) is 18.2 Å². The van der Waals surface area contributed by atoms with Crippen molar-refractivity contribution in [2.45, 2.75) is 20.3 Å². The number of aldehydes is 1. The van der Waals surface area contributed by atoms with Gasteiger partial charge in [0.15, 0.2) is 6.29 Å². The molecule has 1 aromatic heterocycles. The van der Waals surface area contributed by atoms with Gasteiger partial charge < -0.3 is 4.98 Å². The average molecular weight is 202 g/mol. The number of nitrogens with one attached hydrogen (secondary N) is 1. The number of carbonyl (C=O) groups is 1. The molecule has 2 heterocycles. The third kappa shape index (κ3) is 1.91. The van der Waals surface area contributed by atoms with E-state index in [2.05, 4.69) is 9.98 Å². The molecule has 0 fully saturated rings. The largest absolute Gasteiger partial charge is 0.362 e. The number of aromatic nitrogens is 1. The van der Waals surface area contributed by atoms with Gasteiger partial charge in [0, 0.05) is 29.4 Å². The van der Waals surface area contributed by atoms with Gasteiger partial charge in [0.2, 0.25) is 0 Å². The van der Waals surface area contributed by atoms with Crippen LogP contribution >= 0.6 is 0 Å². The molecule has 2 rings (SSSR count). The maximum atomic E-state index is 10.8. The van der Waals surface area contributed by atoms with Gasteiger partial charge in [-0.2, -0.15) is 0 Å². The van der Waals surface area contributed by atoms with Crippen LogP contribution < -0.4 is 0 Å². The fourth-order valence-corrected chi connectivity index (χ4v) is 1.77. The Bertz CT molecular complexity index is 424. The second kappa shape index (κ2) is 3.50. The van der Waals surface area contributed by atoms with Crippen molar-refractivity contribution in [3.05, 3.63) is 29.7 Å². The quantitative estimate of drug-likeness (QED) is 0.735. The number of rotatable bonds is 2. The molecule has 3 nitrogen and oxygen atoms in total. The van der Waals surface area contributed by atoms with Crippen LogP contribution in [-0.4, -0.2) is 17.0 Å². The number of hydrogen-bond acceptors (Lipinski definition) is 2. The predicted octanol–water partition coefficient (Wildman–Crippen LogP) is 2.43. The van der Waals surface area contributed by atoms with Crippen molar-refractivity contribution in [2.24, 2.45) is 10.4 Å². The molecule has 1 aliphatic heterocycles. The highest BCUT2D eigenvalue weighted by atomic mass is 16.1. The summed E-state index contributed by atoms with van der Waals surface area (Å²) in [4.78, 5) is 18.2. The van der Waals surface area contributed by atoms with Crippen LogP contribution in [0.2, 0.25) is 0 Å². The molecular formula is C12H14N2O. The normalized spacial score (nSPS) is 21.7. The van der Waals surface area contributed by atoms with E-state index in [4.69, 9.17) is 0 Å². The Balaban J connectivity index is 2.29. The van der Waals surface area contributed by atoms with E-state index in [-0.39, 0.29) is 5.41 Å². The van der Waals surface area contributed by atoms with E-state index in [1.165, 1.54) is 0 Å². The Morgan fingerprint density at radius 2 is 2.33 bits per heavy atom. The van der Waals surface area contributed by atoms with Gasteiger partial charge in [0.05, 0.1) is 5.71 Å². The molecule has 0 amide bonds. The second-order valence-electron chi connectivity index (χ2n) is 4.44. The summed E-state index contributed by atoms with van der Waals surface area (Å²) >= 11 is 0. The molecule has 0 atom stereocenters. The van der Waals surface area contributed by atoms with E-state index in [0.717, 1.165) is 24.1 Å². The van der Waals surface area contributed by atoms with E-state index < -0.39 is 0 Å². The van der Waals surface area contributed by atoms with Gasteiger partial charge in [-0.25, -0.2) is 0 Å². The number of aliphatic imine (C=N–C) groups is 1. The van der Waals surface area contributed by atoms with Gasteiger partial charge in [-0.3, -0.25) is 9.79 Å². The summed E-state index contributed by atoms with van der Waals surface area (Å²) in [6.07, 6.45) is 5.53. The Hall–Kier alpha value is -1.64. The molecule has 0 aromatic carbocycles. The SMILES string of the molecule is CC1(C)C/C(=C/c2ccc[nH]2)N=C1C=O. The Kier molecular flexibility index (Phi) is 2.31. The molecule has 0 spiro atoms. The highest BCUT2D eigenvalue weighted by Crippen LogP contribution is 2.34. The number of aromatic amines is 1. The summed E-state index contributed by atoms with van der Waals surface area (Å²) in [6, 6.07) is 3.92. The van der Waals surface area contributed by atoms with Crippen LogP contribution in [0.4, 0.5) is 0 Å². The zero-order valence-electron chi connectivity index (χ0n) is 8.95. The first-order valence-electron chi connectivity index (χ1n) is 5.00. The van der Waals surface area contributed by atoms with Gasteiger partial charge in [0.25, 0.3) is 0 Å².